The Morgan fingerprint density at radius 1 is 1.08 bits per heavy atom. The van der Waals surface area contributed by atoms with Gasteiger partial charge in [0.25, 0.3) is 5.91 Å². The molecule has 1 atom stereocenters. The number of carbonyl (C=O) groups excluding carboxylic acids is 1. The van der Waals surface area contributed by atoms with Gasteiger partial charge in [0.2, 0.25) is 0 Å². The molecule has 2 heterocycles. The highest BCUT2D eigenvalue weighted by Gasteiger charge is 2.32. The summed E-state index contributed by atoms with van der Waals surface area (Å²) in [5.74, 6) is 0.130. The molecule has 1 unspecified atom stereocenters. The molecule has 1 amide bonds. The number of likely N-dealkylation sites (tertiary alicyclic amines) is 1. The minimum Gasteiger partial charge on any atom is -0.351 e. The number of nitrogens with one attached hydrogen (secondary N) is 2. The van der Waals surface area contributed by atoms with Crippen molar-refractivity contribution in [2.45, 2.75) is 52.5 Å². The van der Waals surface area contributed by atoms with Crippen molar-refractivity contribution in [3.8, 4) is 0 Å². The van der Waals surface area contributed by atoms with Gasteiger partial charge < -0.3 is 15.5 Å². The van der Waals surface area contributed by atoms with Crippen LogP contribution < -0.4 is 10.6 Å². The Balaban J connectivity index is 1.97. The molecular weight excluding hydrogens is 330 g/mol. The maximum atomic E-state index is 13.3. The normalized spacial score (nSPS) is 21.5. The van der Waals surface area contributed by atoms with E-state index in [1.807, 2.05) is 11.8 Å². The standard InChI is InChI=1S/C20H27N3OS/c1-13-8-9-16(12-14(13)2)18-17(15(3)21-20(25)22-18)19(24)23-10-6-4-5-7-11-23/h8-9,12,18H,4-7,10-11H2,1-3H3,(H2,21,22,25). The summed E-state index contributed by atoms with van der Waals surface area (Å²) in [5.41, 5.74) is 5.22. The minimum absolute atomic E-state index is 0.130. The molecule has 0 aromatic heterocycles. The van der Waals surface area contributed by atoms with E-state index >= 15 is 0 Å². The largest absolute Gasteiger partial charge is 0.351 e. The third-order valence-corrected chi connectivity index (χ3v) is 5.48. The molecule has 0 spiro atoms. The summed E-state index contributed by atoms with van der Waals surface area (Å²) in [6.07, 6.45) is 4.60. The summed E-state index contributed by atoms with van der Waals surface area (Å²) in [6.45, 7) is 7.85. The van der Waals surface area contributed by atoms with Crippen LogP contribution in [0.15, 0.2) is 29.5 Å². The first-order valence-corrected chi connectivity index (χ1v) is 9.53. The number of carbonyl (C=O) groups is 1. The van der Waals surface area contributed by atoms with Crippen LogP contribution in [-0.2, 0) is 4.79 Å². The van der Waals surface area contributed by atoms with Crippen molar-refractivity contribution in [3.05, 3.63) is 46.2 Å². The smallest absolute Gasteiger partial charge is 0.253 e. The number of rotatable bonds is 2. The lowest BCUT2D eigenvalue weighted by atomic mass is 9.92. The van der Waals surface area contributed by atoms with E-state index < -0.39 is 0 Å². The van der Waals surface area contributed by atoms with Gasteiger partial charge in [-0.2, -0.15) is 0 Å². The Kier molecular flexibility index (Phi) is 5.42. The van der Waals surface area contributed by atoms with Gasteiger partial charge in [0.1, 0.15) is 0 Å². The first kappa shape index (κ1) is 17.9. The Morgan fingerprint density at radius 3 is 2.40 bits per heavy atom. The summed E-state index contributed by atoms with van der Waals surface area (Å²) in [4.78, 5) is 15.3. The molecule has 5 heteroatoms. The number of hydrogen-bond acceptors (Lipinski definition) is 2. The minimum atomic E-state index is -0.191. The topological polar surface area (TPSA) is 44.4 Å². The van der Waals surface area contributed by atoms with Gasteiger partial charge in [0, 0.05) is 18.8 Å². The van der Waals surface area contributed by atoms with Crippen LogP contribution in [0.2, 0.25) is 0 Å². The fourth-order valence-corrected chi connectivity index (χ4v) is 3.89. The van der Waals surface area contributed by atoms with Gasteiger partial charge in [-0.15, -0.1) is 0 Å². The zero-order valence-corrected chi connectivity index (χ0v) is 16.1. The predicted octanol–water partition coefficient (Wildman–Crippen LogP) is 3.50. The van der Waals surface area contributed by atoms with Gasteiger partial charge in [-0.05, 0) is 62.5 Å². The second kappa shape index (κ2) is 7.56. The second-order valence-electron chi connectivity index (χ2n) is 7.12. The molecule has 0 radical (unpaired) electrons. The van der Waals surface area contributed by atoms with E-state index in [1.165, 1.54) is 24.0 Å². The lowest BCUT2D eigenvalue weighted by Gasteiger charge is -2.33. The van der Waals surface area contributed by atoms with Crippen LogP contribution in [0.5, 0.6) is 0 Å². The van der Waals surface area contributed by atoms with E-state index in [-0.39, 0.29) is 11.9 Å². The molecule has 0 saturated carbocycles. The van der Waals surface area contributed by atoms with Gasteiger partial charge in [-0.1, -0.05) is 31.0 Å². The lowest BCUT2D eigenvalue weighted by molar-refractivity contribution is -0.127. The molecule has 1 saturated heterocycles. The van der Waals surface area contributed by atoms with E-state index in [9.17, 15) is 4.79 Å². The van der Waals surface area contributed by atoms with E-state index in [0.29, 0.717) is 5.11 Å². The maximum absolute atomic E-state index is 13.3. The zero-order valence-electron chi connectivity index (χ0n) is 15.3. The number of thiocarbonyl (C=S) groups is 1. The van der Waals surface area contributed by atoms with Crippen molar-refractivity contribution in [1.82, 2.24) is 15.5 Å². The number of aryl methyl sites for hydroxylation is 2. The van der Waals surface area contributed by atoms with Crippen LogP contribution in [-0.4, -0.2) is 29.0 Å². The average molecular weight is 358 g/mol. The van der Waals surface area contributed by atoms with E-state index in [4.69, 9.17) is 12.2 Å². The highest BCUT2D eigenvalue weighted by molar-refractivity contribution is 7.80. The van der Waals surface area contributed by atoms with Crippen LogP contribution >= 0.6 is 12.2 Å². The monoisotopic (exact) mass is 357 g/mol. The van der Waals surface area contributed by atoms with E-state index in [0.717, 1.165) is 42.8 Å². The molecule has 1 fully saturated rings. The van der Waals surface area contributed by atoms with Gasteiger partial charge in [0.15, 0.2) is 5.11 Å². The Bertz CT molecular complexity index is 718. The summed E-state index contributed by atoms with van der Waals surface area (Å²) >= 11 is 5.35. The van der Waals surface area contributed by atoms with Crippen molar-refractivity contribution in [1.29, 1.82) is 0 Å². The molecule has 0 aliphatic carbocycles. The van der Waals surface area contributed by atoms with Crippen molar-refractivity contribution < 1.29 is 4.79 Å². The summed E-state index contributed by atoms with van der Waals surface area (Å²) in [5, 5.41) is 7.03. The predicted molar refractivity (Wildman–Crippen MR) is 105 cm³/mol. The third kappa shape index (κ3) is 3.87. The zero-order chi connectivity index (χ0) is 18.0. The first-order chi connectivity index (χ1) is 12.0. The molecular formula is C20H27N3OS. The molecule has 1 aromatic carbocycles. The number of benzene rings is 1. The van der Waals surface area contributed by atoms with Crippen LogP contribution in [0.25, 0.3) is 0 Å². The Hall–Kier alpha value is -1.88. The molecule has 2 aliphatic rings. The Labute approximate surface area is 155 Å². The summed E-state index contributed by atoms with van der Waals surface area (Å²) in [7, 11) is 0. The van der Waals surface area contributed by atoms with Crippen LogP contribution in [0.4, 0.5) is 0 Å². The van der Waals surface area contributed by atoms with Crippen molar-refractivity contribution in [2.24, 2.45) is 0 Å². The number of amides is 1. The SMILES string of the molecule is CC1=C(C(=O)N2CCCCCC2)C(c2ccc(C)c(C)c2)NC(=S)N1. The van der Waals surface area contributed by atoms with Crippen LogP contribution in [0.3, 0.4) is 0 Å². The quantitative estimate of drug-likeness (QED) is 0.795. The second-order valence-corrected chi connectivity index (χ2v) is 7.53. The van der Waals surface area contributed by atoms with Gasteiger partial charge >= 0.3 is 0 Å². The molecule has 1 aromatic rings. The molecule has 2 aliphatic heterocycles. The van der Waals surface area contributed by atoms with Crippen LogP contribution in [0.1, 0.15) is 55.3 Å². The third-order valence-electron chi connectivity index (χ3n) is 5.26. The summed E-state index contributed by atoms with van der Waals surface area (Å²) in [6, 6.07) is 6.17. The Morgan fingerprint density at radius 2 is 1.76 bits per heavy atom. The van der Waals surface area contributed by atoms with Crippen molar-refractivity contribution >= 4 is 23.2 Å². The fraction of sp³-hybridized carbons (Fsp3) is 0.500. The molecule has 0 bridgehead atoms. The highest BCUT2D eigenvalue weighted by atomic mass is 32.1. The van der Waals surface area contributed by atoms with Gasteiger partial charge in [-0.3, -0.25) is 4.79 Å². The summed E-state index contributed by atoms with van der Waals surface area (Å²) < 4.78 is 0. The van der Waals surface area contributed by atoms with Gasteiger partial charge in [0.05, 0.1) is 11.6 Å². The number of allylic oxidation sites excluding steroid dienone is 1. The average Bonchev–Trinajstić information content (AvgIpc) is 2.85. The molecule has 25 heavy (non-hydrogen) atoms. The van der Waals surface area contributed by atoms with Gasteiger partial charge in [-0.25, -0.2) is 0 Å². The van der Waals surface area contributed by atoms with Crippen molar-refractivity contribution in [2.75, 3.05) is 13.1 Å². The number of nitrogens with zero attached hydrogens (tertiary/aromatic N) is 1. The first-order valence-electron chi connectivity index (χ1n) is 9.12. The maximum Gasteiger partial charge on any atom is 0.253 e. The molecule has 134 valence electrons. The van der Waals surface area contributed by atoms with Crippen LogP contribution in [0, 0.1) is 13.8 Å². The molecule has 2 N–H and O–H groups in total. The number of hydrogen-bond donors (Lipinski definition) is 2. The highest BCUT2D eigenvalue weighted by Crippen LogP contribution is 2.30. The van der Waals surface area contributed by atoms with E-state index in [2.05, 4.69) is 42.7 Å². The lowest BCUT2D eigenvalue weighted by Crippen LogP contribution is -2.47. The fourth-order valence-electron chi connectivity index (χ4n) is 3.62. The van der Waals surface area contributed by atoms with E-state index in [1.54, 1.807) is 0 Å². The molecule has 4 nitrogen and oxygen atoms in total. The van der Waals surface area contributed by atoms with Crippen molar-refractivity contribution in [3.63, 3.8) is 0 Å². The molecule has 3 rings (SSSR count).